The predicted octanol–water partition coefficient (Wildman–Crippen LogP) is 4.38. The van der Waals surface area contributed by atoms with Gasteiger partial charge in [0, 0.05) is 11.1 Å². The molecule has 1 heterocycles. The third kappa shape index (κ3) is 3.49. The Labute approximate surface area is 152 Å². The highest BCUT2D eigenvalue weighted by Gasteiger charge is 2.17. The maximum atomic E-state index is 5.43. The normalized spacial score (nSPS) is 10.6. The molecule has 2 aromatic carbocycles. The highest BCUT2D eigenvalue weighted by atomic mass is 16.5. The van der Waals surface area contributed by atoms with Gasteiger partial charge >= 0.3 is 0 Å². The molecule has 0 aliphatic rings. The van der Waals surface area contributed by atoms with E-state index in [0.717, 1.165) is 24.0 Å². The minimum Gasteiger partial charge on any atom is -0.493 e. The van der Waals surface area contributed by atoms with Gasteiger partial charge in [0.15, 0.2) is 11.5 Å². The third-order valence-electron chi connectivity index (χ3n) is 4.09. The lowest BCUT2D eigenvalue weighted by Gasteiger charge is -2.12. The molecule has 0 unspecified atom stereocenters. The van der Waals surface area contributed by atoms with Crippen LogP contribution in [0.2, 0.25) is 0 Å². The lowest BCUT2D eigenvalue weighted by Crippen LogP contribution is -1.96. The van der Waals surface area contributed by atoms with Crippen molar-refractivity contribution in [3.63, 3.8) is 0 Å². The van der Waals surface area contributed by atoms with Crippen LogP contribution >= 0.6 is 0 Å². The Morgan fingerprint density at radius 3 is 2.08 bits per heavy atom. The molecule has 6 nitrogen and oxygen atoms in total. The Kier molecular flexibility index (Phi) is 5.41. The van der Waals surface area contributed by atoms with Gasteiger partial charge in [0.1, 0.15) is 0 Å². The quantitative estimate of drug-likeness (QED) is 0.627. The zero-order valence-electron chi connectivity index (χ0n) is 15.4. The summed E-state index contributed by atoms with van der Waals surface area (Å²) in [6.45, 7) is 2.16. The van der Waals surface area contributed by atoms with Crippen molar-refractivity contribution in [2.45, 2.75) is 19.8 Å². The molecule has 1 aromatic heterocycles. The summed E-state index contributed by atoms with van der Waals surface area (Å²) >= 11 is 0. The van der Waals surface area contributed by atoms with Gasteiger partial charge in [-0.3, -0.25) is 0 Å². The number of aromatic nitrogens is 2. The summed E-state index contributed by atoms with van der Waals surface area (Å²) in [5, 5.41) is 4.09. The van der Waals surface area contributed by atoms with Crippen molar-refractivity contribution >= 4 is 0 Å². The third-order valence-corrected chi connectivity index (χ3v) is 4.09. The fourth-order valence-electron chi connectivity index (χ4n) is 2.77. The van der Waals surface area contributed by atoms with E-state index in [0.29, 0.717) is 29.0 Å². The molecular formula is C20H22N2O4. The van der Waals surface area contributed by atoms with Gasteiger partial charge in [0.05, 0.1) is 21.3 Å². The van der Waals surface area contributed by atoms with E-state index in [-0.39, 0.29) is 0 Å². The molecule has 3 aromatic rings. The molecule has 0 saturated heterocycles. The maximum absolute atomic E-state index is 5.43. The van der Waals surface area contributed by atoms with E-state index < -0.39 is 0 Å². The molecule has 0 aliphatic heterocycles. The Hall–Kier alpha value is -3.02. The topological polar surface area (TPSA) is 66.6 Å². The molecule has 0 fully saturated rings. The first-order valence-electron chi connectivity index (χ1n) is 8.43. The molecule has 0 saturated carbocycles. The zero-order chi connectivity index (χ0) is 18.5. The van der Waals surface area contributed by atoms with E-state index in [1.165, 1.54) is 5.56 Å². The average Bonchev–Trinajstić information content (AvgIpc) is 3.17. The number of ether oxygens (including phenoxy) is 3. The SMILES string of the molecule is CCCc1ccc(-c2nc(-c3cc(OC)c(OC)c(OC)c3)no2)cc1. The van der Waals surface area contributed by atoms with Crippen LogP contribution in [0.4, 0.5) is 0 Å². The average molecular weight is 354 g/mol. The van der Waals surface area contributed by atoms with Gasteiger partial charge in [-0.15, -0.1) is 0 Å². The number of benzene rings is 2. The summed E-state index contributed by atoms with van der Waals surface area (Å²) in [6, 6.07) is 11.7. The van der Waals surface area contributed by atoms with Gasteiger partial charge in [-0.05, 0) is 36.2 Å². The number of hydrogen-bond donors (Lipinski definition) is 0. The molecule has 136 valence electrons. The summed E-state index contributed by atoms with van der Waals surface area (Å²) in [6.07, 6.45) is 2.17. The molecule has 0 aliphatic carbocycles. The fourth-order valence-corrected chi connectivity index (χ4v) is 2.77. The van der Waals surface area contributed by atoms with Crippen molar-refractivity contribution in [3.05, 3.63) is 42.0 Å². The van der Waals surface area contributed by atoms with Gasteiger partial charge in [0.2, 0.25) is 11.6 Å². The van der Waals surface area contributed by atoms with Gasteiger partial charge in [-0.1, -0.05) is 30.6 Å². The first-order valence-corrected chi connectivity index (χ1v) is 8.43. The number of aryl methyl sites for hydroxylation is 1. The number of hydrogen-bond acceptors (Lipinski definition) is 6. The minimum absolute atomic E-state index is 0.455. The number of rotatable bonds is 7. The smallest absolute Gasteiger partial charge is 0.258 e. The van der Waals surface area contributed by atoms with E-state index in [9.17, 15) is 0 Å². The van der Waals surface area contributed by atoms with Gasteiger partial charge in [-0.2, -0.15) is 4.98 Å². The van der Waals surface area contributed by atoms with Crippen LogP contribution in [0.1, 0.15) is 18.9 Å². The first kappa shape index (κ1) is 17.8. The molecule has 6 heteroatoms. The Bertz CT molecular complexity index is 847. The monoisotopic (exact) mass is 354 g/mol. The van der Waals surface area contributed by atoms with Crippen LogP contribution in [0, 0.1) is 0 Å². The number of methoxy groups -OCH3 is 3. The molecule has 0 N–H and O–H groups in total. The van der Waals surface area contributed by atoms with Gasteiger partial charge < -0.3 is 18.7 Å². The molecule has 0 spiro atoms. The summed E-state index contributed by atoms with van der Waals surface area (Å²) in [5.41, 5.74) is 2.90. The summed E-state index contributed by atoms with van der Waals surface area (Å²) in [5.74, 6) is 2.52. The van der Waals surface area contributed by atoms with Crippen LogP contribution < -0.4 is 14.2 Å². The molecule has 0 bridgehead atoms. The van der Waals surface area contributed by atoms with Crippen LogP contribution in [0.3, 0.4) is 0 Å². The van der Waals surface area contributed by atoms with E-state index in [4.69, 9.17) is 18.7 Å². The van der Waals surface area contributed by atoms with Crippen LogP contribution in [0.15, 0.2) is 40.9 Å². The van der Waals surface area contributed by atoms with Crippen LogP contribution in [0.25, 0.3) is 22.8 Å². The van der Waals surface area contributed by atoms with Crippen LogP contribution in [0.5, 0.6) is 17.2 Å². The molecule has 3 rings (SSSR count). The van der Waals surface area contributed by atoms with Crippen molar-refractivity contribution in [1.82, 2.24) is 10.1 Å². The first-order chi connectivity index (χ1) is 12.7. The van der Waals surface area contributed by atoms with E-state index in [2.05, 4.69) is 29.2 Å². The Balaban J connectivity index is 1.94. The van der Waals surface area contributed by atoms with E-state index >= 15 is 0 Å². The van der Waals surface area contributed by atoms with Gasteiger partial charge in [-0.25, -0.2) is 0 Å². The van der Waals surface area contributed by atoms with Crippen molar-refractivity contribution < 1.29 is 18.7 Å². The fraction of sp³-hybridized carbons (Fsp3) is 0.300. The molecular weight excluding hydrogens is 332 g/mol. The lowest BCUT2D eigenvalue weighted by molar-refractivity contribution is 0.324. The summed E-state index contributed by atoms with van der Waals surface area (Å²) in [7, 11) is 4.70. The highest BCUT2D eigenvalue weighted by Crippen LogP contribution is 2.40. The van der Waals surface area contributed by atoms with Crippen molar-refractivity contribution in [1.29, 1.82) is 0 Å². The largest absolute Gasteiger partial charge is 0.493 e. The standard InChI is InChI=1S/C20H22N2O4/c1-5-6-13-7-9-14(10-8-13)20-21-19(22-26-20)15-11-16(23-2)18(25-4)17(12-15)24-3/h7-12H,5-6H2,1-4H3. The van der Waals surface area contributed by atoms with E-state index in [1.54, 1.807) is 33.5 Å². The second-order valence-corrected chi connectivity index (χ2v) is 5.78. The molecule has 0 amide bonds. The van der Waals surface area contributed by atoms with Crippen LogP contribution in [-0.2, 0) is 6.42 Å². The zero-order valence-corrected chi connectivity index (χ0v) is 15.4. The maximum Gasteiger partial charge on any atom is 0.258 e. The second-order valence-electron chi connectivity index (χ2n) is 5.78. The Morgan fingerprint density at radius 1 is 0.885 bits per heavy atom. The highest BCUT2D eigenvalue weighted by molar-refractivity contribution is 5.67. The summed E-state index contributed by atoms with van der Waals surface area (Å²) in [4.78, 5) is 4.50. The molecule has 0 atom stereocenters. The van der Waals surface area contributed by atoms with Gasteiger partial charge in [0.25, 0.3) is 5.89 Å². The number of nitrogens with zero attached hydrogens (tertiary/aromatic N) is 2. The van der Waals surface area contributed by atoms with Crippen molar-refractivity contribution in [3.8, 4) is 40.1 Å². The minimum atomic E-state index is 0.455. The molecule has 0 radical (unpaired) electrons. The second kappa shape index (κ2) is 7.91. The van der Waals surface area contributed by atoms with E-state index in [1.807, 2.05) is 12.1 Å². The van der Waals surface area contributed by atoms with Crippen molar-refractivity contribution in [2.24, 2.45) is 0 Å². The predicted molar refractivity (Wildman–Crippen MR) is 98.8 cm³/mol. The lowest BCUT2D eigenvalue weighted by atomic mass is 10.1. The van der Waals surface area contributed by atoms with Crippen LogP contribution in [-0.4, -0.2) is 31.5 Å². The van der Waals surface area contributed by atoms with Crippen molar-refractivity contribution in [2.75, 3.05) is 21.3 Å². The Morgan fingerprint density at radius 2 is 1.54 bits per heavy atom. The molecule has 26 heavy (non-hydrogen) atoms. The summed E-state index contributed by atoms with van der Waals surface area (Å²) < 4.78 is 21.5.